The Bertz CT molecular complexity index is 2050. The van der Waals surface area contributed by atoms with E-state index in [1.165, 1.54) is 0 Å². The van der Waals surface area contributed by atoms with Gasteiger partial charge in [0.2, 0.25) is 11.8 Å². The quantitative estimate of drug-likeness (QED) is 0.0948. The van der Waals surface area contributed by atoms with Crippen molar-refractivity contribution in [3.05, 3.63) is 84.2 Å². The molecule has 6 fully saturated rings. The van der Waals surface area contributed by atoms with Crippen LogP contribution in [0.5, 0.6) is 23.3 Å². The first-order valence-electron chi connectivity index (χ1n) is 21.0. The molecule has 6 saturated carbocycles. The van der Waals surface area contributed by atoms with Crippen molar-refractivity contribution in [2.45, 2.75) is 75.8 Å². The topological polar surface area (TPSA) is 169 Å². The Labute approximate surface area is 338 Å². The van der Waals surface area contributed by atoms with Gasteiger partial charge in [-0.1, -0.05) is 0 Å². The van der Waals surface area contributed by atoms with E-state index in [1.54, 1.807) is 14.2 Å². The minimum absolute atomic E-state index is 0.0720. The average Bonchev–Trinajstić information content (AvgIpc) is 3.29. The molecule has 2 unspecified atom stereocenters. The van der Waals surface area contributed by atoms with Crippen molar-refractivity contribution >= 4 is 21.8 Å². The highest BCUT2D eigenvalue weighted by Crippen LogP contribution is 2.56. The molecule has 6 aliphatic carbocycles. The monoisotopic (exact) mass is 790 g/mol. The third-order valence-electron chi connectivity index (χ3n) is 14.4. The highest BCUT2D eigenvalue weighted by atomic mass is 16.5. The van der Waals surface area contributed by atoms with Crippen LogP contribution in [0, 0.1) is 47.3 Å². The van der Waals surface area contributed by atoms with E-state index in [2.05, 4.69) is 20.2 Å². The van der Waals surface area contributed by atoms with E-state index in [-0.39, 0.29) is 60.9 Å². The molecule has 12 nitrogen and oxygen atoms in total. The van der Waals surface area contributed by atoms with Gasteiger partial charge in [0.1, 0.15) is 23.7 Å². The number of hydrogen-bond acceptors (Lipinski definition) is 12. The fraction of sp³-hybridized carbons (Fsp3) is 0.522. The molecule has 3 aromatic heterocycles. The number of aromatic nitrogens is 4. The molecule has 12 atom stereocenters. The third kappa shape index (κ3) is 7.33. The molecule has 6 aliphatic rings. The van der Waals surface area contributed by atoms with Crippen molar-refractivity contribution in [2.75, 3.05) is 27.4 Å². The molecule has 2 aromatic carbocycles. The van der Waals surface area contributed by atoms with Gasteiger partial charge in [-0.2, -0.15) is 0 Å². The average molecular weight is 791 g/mol. The molecule has 0 saturated heterocycles. The summed E-state index contributed by atoms with van der Waals surface area (Å²) in [6, 6.07) is 19.5. The maximum absolute atomic E-state index is 10.7. The number of benzene rings is 2. The van der Waals surface area contributed by atoms with Gasteiger partial charge in [-0.25, -0.2) is 0 Å². The van der Waals surface area contributed by atoms with Crippen LogP contribution in [-0.4, -0.2) is 80.2 Å². The second kappa shape index (κ2) is 16.6. The SMILES string of the molecule is COc1ccc2nccc([C@@H](Oc3ccc(O[C@H](c4ccnc5ccc(OC)cc45)[C@@H]4C[C@@H]5CC[C@H]4C[C@@H]5C(O)CO)nn3)[C@@H]3C[C@@H]4CC[C@H]3C[C@@H]4C(O)CO)c2c1. The summed E-state index contributed by atoms with van der Waals surface area (Å²) in [4.78, 5) is 9.31. The smallest absolute Gasteiger partial charge is 0.234 e. The Balaban J connectivity index is 1.04. The van der Waals surface area contributed by atoms with Crippen LogP contribution in [0.1, 0.15) is 74.7 Å². The van der Waals surface area contributed by atoms with E-state index in [9.17, 15) is 20.4 Å². The van der Waals surface area contributed by atoms with Crippen LogP contribution in [-0.2, 0) is 0 Å². The third-order valence-corrected chi connectivity index (χ3v) is 14.4. The summed E-state index contributed by atoms with van der Waals surface area (Å²) >= 11 is 0. The zero-order chi connectivity index (χ0) is 39.9. The molecular formula is C46H54N4O8. The van der Waals surface area contributed by atoms with Crippen LogP contribution < -0.4 is 18.9 Å². The van der Waals surface area contributed by atoms with Crippen LogP contribution in [0.15, 0.2) is 73.1 Å². The Morgan fingerprint density at radius 3 is 1.29 bits per heavy atom. The van der Waals surface area contributed by atoms with Crippen molar-refractivity contribution in [1.29, 1.82) is 0 Å². The summed E-state index contributed by atoms with van der Waals surface area (Å²) in [7, 11) is 3.32. The van der Waals surface area contributed by atoms with E-state index < -0.39 is 12.2 Å². The Morgan fingerprint density at radius 2 is 0.948 bits per heavy atom. The van der Waals surface area contributed by atoms with Crippen LogP contribution in [0.3, 0.4) is 0 Å². The largest absolute Gasteiger partial charge is 0.497 e. The number of ether oxygens (including phenoxy) is 4. The van der Waals surface area contributed by atoms with Gasteiger partial charge in [0.05, 0.1) is 50.7 Å². The molecule has 11 rings (SSSR count). The molecule has 5 aromatic rings. The minimum Gasteiger partial charge on any atom is -0.497 e. The predicted octanol–water partition coefficient (Wildman–Crippen LogP) is 6.64. The first-order chi connectivity index (χ1) is 28.3. The molecule has 4 bridgehead atoms. The number of nitrogens with zero attached hydrogens (tertiary/aromatic N) is 4. The molecule has 0 amide bonds. The van der Waals surface area contributed by atoms with Gasteiger partial charge in [0.25, 0.3) is 0 Å². The first kappa shape index (κ1) is 38.9. The second-order valence-electron chi connectivity index (χ2n) is 17.1. The van der Waals surface area contributed by atoms with Gasteiger partial charge in [-0.3, -0.25) is 9.97 Å². The van der Waals surface area contributed by atoms with E-state index >= 15 is 0 Å². The number of fused-ring (bicyclic) bond motifs is 8. The van der Waals surface area contributed by atoms with Crippen molar-refractivity contribution in [1.82, 2.24) is 20.2 Å². The molecule has 3 heterocycles. The number of hydrogen-bond donors (Lipinski definition) is 4. The van der Waals surface area contributed by atoms with E-state index in [4.69, 9.17) is 18.9 Å². The molecule has 0 spiro atoms. The Hall–Kier alpha value is -4.62. The zero-order valence-corrected chi connectivity index (χ0v) is 33.1. The maximum Gasteiger partial charge on any atom is 0.234 e. The first-order valence-corrected chi connectivity index (χ1v) is 21.0. The second-order valence-corrected chi connectivity index (χ2v) is 17.1. The van der Waals surface area contributed by atoms with Gasteiger partial charge in [-0.15, -0.1) is 10.2 Å². The summed E-state index contributed by atoms with van der Waals surface area (Å²) in [6.07, 6.45) is 9.00. The molecule has 0 radical (unpaired) electrons. The van der Waals surface area contributed by atoms with Gasteiger partial charge in [-0.05, 0) is 135 Å². The van der Waals surface area contributed by atoms with Crippen molar-refractivity contribution in [3.8, 4) is 23.3 Å². The predicted molar refractivity (Wildman–Crippen MR) is 216 cm³/mol. The van der Waals surface area contributed by atoms with Crippen molar-refractivity contribution in [2.24, 2.45) is 47.3 Å². The summed E-state index contributed by atoms with van der Waals surface area (Å²) in [5.41, 5.74) is 3.69. The maximum atomic E-state index is 10.7. The molecule has 4 N–H and O–H groups in total. The fourth-order valence-corrected chi connectivity index (χ4v) is 11.5. The van der Waals surface area contributed by atoms with Gasteiger partial charge < -0.3 is 39.4 Å². The van der Waals surface area contributed by atoms with Crippen molar-refractivity contribution in [3.63, 3.8) is 0 Å². The summed E-state index contributed by atoms with van der Waals surface area (Å²) in [5, 5.41) is 52.3. The van der Waals surface area contributed by atoms with E-state index in [1.807, 2.05) is 73.1 Å². The van der Waals surface area contributed by atoms with Crippen LogP contribution in [0.2, 0.25) is 0 Å². The molecular weight excluding hydrogens is 737 g/mol. The van der Waals surface area contributed by atoms with E-state index in [0.29, 0.717) is 23.6 Å². The number of pyridine rings is 2. The fourth-order valence-electron chi connectivity index (χ4n) is 11.5. The number of aliphatic hydroxyl groups is 4. The van der Waals surface area contributed by atoms with Gasteiger partial charge >= 0.3 is 0 Å². The highest BCUT2D eigenvalue weighted by molar-refractivity contribution is 5.84. The van der Waals surface area contributed by atoms with Crippen molar-refractivity contribution < 1.29 is 39.4 Å². The van der Waals surface area contributed by atoms with Gasteiger partial charge in [0.15, 0.2) is 0 Å². The standard InChI is InChI=1S/C46H54N4O8/c1-55-29-7-9-39-37(21-29)31(13-15-47-39)45(35-19-25-3-5-27(35)17-33(25)41(53)23-51)57-43-11-12-44(50-49-43)58-46(32-14-16-48-40-10-8-30(56-2)22-38(32)40)36-20-26-4-6-28(36)18-34(26)42(54)24-52/h7-16,21-22,25-28,33-36,41-42,45-46,51-54H,3-6,17-20,23-24H2,1-2H3/t25-,26-,27-,28-,33-,34-,35+,36+,41?,42?,45+,46+/m0/s1. The van der Waals surface area contributed by atoms with Crippen LogP contribution >= 0.6 is 0 Å². The zero-order valence-electron chi connectivity index (χ0n) is 33.1. The lowest BCUT2D eigenvalue weighted by molar-refractivity contribution is -0.0775. The number of aliphatic hydroxyl groups excluding tert-OH is 4. The minimum atomic E-state index is -0.717. The lowest BCUT2D eigenvalue weighted by atomic mass is 9.57. The summed E-state index contributed by atoms with van der Waals surface area (Å²) in [6.45, 7) is -0.446. The molecule has 58 heavy (non-hydrogen) atoms. The number of rotatable bonds is 14. The lowest BCUT2D eigenvalue weighted by Crippen LogP contribution is -2.46. The van der Waals surface area contributed by atoms with Gasteiger partial charge in [0, 0.05) is 58.3 Å². The van der Waals surface area contributed by atoms with Crippen LogP contribution in [0.4, 0.5) is 0 Å². The summed E-state index contributed by atoms with van der Waals surface area (Å²) < 4.78 is 25.2. The lowest BCUT2D eigenvalue weighted by Gasteiger charge is -2.50. The molecule has 0 aliphatic heterocycles. The molecule has 306 valence electrons. The normalized spacial score (nSPS) is 28.5. The molecule has 12 heteroatoms. The summed E-state index contributed by atoms with van der Waals surface area (Å²) in [5.74, 6) is 3.83. The Morgan fingerprint density at radius 1 is 0.552 bits per heavy atom. The van der Waals surface area contributed by atoms with Crippen LogP contribution in [0.25, 0.3) is 21.8 Å². The van der Waals surface area contributed by atoms with E-state index in [0.717, 1.165) is 95.8 Å². The highest BCUT2D eigenvalue weighted by Gasteiger charge is 2.49. The Kier molecular flexibility index (Phi) is 11.1. The number of methoxy groups -OCH3 is 2.